The fourth-order valence-corrected chi connectivity index (χ4v) is 2.88. The van der Waals surface area contributed by atoms with Gasteiger partial charge in [0.25, 0.3) is 0 Å². The van der Waals surface area contributed by atoms with Gasteiger partial charge in [-0.3, -0.25) is 0 Å². The monoisotopic (exact) mass is 302 g/mol. The molecule has 120 valence electrons. The van der Waals surface area contributed by atoms with Crippen LogP contribution in [0.1, 0.15) is 31.7 Å². The van der Waals surface area contributed by atoms with Crippen LogP contribution in [-0.4, -0.2) is 21.0 Å². The van der Waals surface area contributed by atoms with Crippen LogP contribution in [0, 0.1) is 5.92 Å². The summed E-state index contributed by atoms with van der Waals surface area (Å²) >= 11 is 0. The quantitative estimate of drug-likeness (QED) is 0.547. The molecule has 1 aliphatic carbocycles. The zero-order valence-electron chi connectivity index (χ0n) is 13.9. The van der Waals surface area contributed by atoms with E-state index in [4.69, 9.17) is 14.2 Å². The summed E-state index contributed by atoms with van der Waals surface area (Å²) in [6, 6.07) is 5.85. The topological polar surface area (TPSA) is 27.7 Å². The number of ether oxygens (including phenoxy) is 3. The van der Waals surface area contributed by atoms with Crippen molar-refractivity contribution in [1.82, 2.24) is 0 Å². The van der Waals surface area contributed by atoms with Gasteiger partial charge in [-0.2, -0.15) is 0 Å². The summed E-state index contributed by atoms with van der Waals surface area (Å²) in [6.45, 7) is 6.76. The summed E-state index contributed by atoms with van der Waals surface area (Å²) in [5, 5.41) is 0. The standard InChI is InChI=1S/C19H26O3/c1-14-8-10-16(11-9-14)15(2)12-17-18(21-4)6-5-7-19(17)22-13-20-3/h5-8,16H,2,9-13H2,1,3-4H3/t16-/m0/s1. The average Bonchev–Trinajstić information content (AvgIpc) is 2.54. The van der Waals surface area contributed by atoms with Crippen molar-refractivity contribution < 1.29 is 14.2 Å². The zero-order valence-corrected chi connectivity index (χ0v) is 13.9. The number of allylic oxidation sites excluding steroid dienone is 3. The minimum Gasteiger partial charge on any atom is -0.496 e. The molecule has 0 fully saturated rings. The van der Waals surface area contributed by atoms with Gasteiger partial charge in [-0.05, 0) is 44.2 Å². The molecule has 0 radical (unpaired) electrons. The third kappa shape index (κ3) is 4.14. The van der Waals surface area contributed by atoms with Crippen molar-refractivity contribution in [3.63, 3.8) is 0 Å². The predicted octanol–water partition coefficient (Wildman–Crippen LogP) is 4.52. The van der Waals surface area contributed by atoms with Crippen LogP contribution in [0.3, 0.4) is 0 Å². The van der Waals surface area contributed by atoms with Crippen molar-refractivity contribution in [2.75, 3.05) is 21.0 Å². The SMILES string of the molecule is C=C(Cc1c(OC)cccc1OCOC)[C@H]1CC=C(C)CC1. The van der Waals surface area contributed by atoms with Gasteiger partial charge in [-0.15, -0.1) is 0 Å². The molecule has 0 aliphatic heterocycles. The van der Waals surface area contributed by atoms with E-state index in [1.807, 2.05) is 18.2 Å². The Labute approximate surface area is 133 Å². The molecule has 1 aliphatic rings. The van der Waals surface area contributed by atoms with Gasteiger partial charge in [0.05, 0.1) is 7.11 Å². The molecule has 1 aromatic rings. The van der Waals surface area contributed by atoms with Crippen LogP contribution in [-0.2, 0) is 11.2 Å². The van der Waals surface area contributed by atoms with Gasteiger partial charge in [0.1, 0.15) is 11.5 Å². The molecule has 2 rings (SSSR count). The summed E-state index contributed by atoms with van der Waals surface area (Å²) < 4.78 is 16.2. The molecule has 1 aromatic carbocycles. The fraction of sp³-hybridized carbons (Fsp3) is 0.474. The van der Waals surface area contributed by atoms with E-state index in [-0.39, 0.29) is 6.79 Å². The van der Waals surface area contributed by atoms with Crippen LogP contribution in [0.2, 0.25) is 0 Å². The maximum Gasteiger partial charge on any atom is 0.188 e. The van der Waals surface area contributed by atoms with Crippen LogP contribution in [0.25, 0.3) is 0 Å². The molecule has 0 heterocycles. The third-order valence-electron chi connectivity index (χ3n) is 4.26. The molecule has 0 saturated carbocycles. The number of hydrogen-bond donors (Lipinski definition) is 0. The number of rotatable bonds is 7. The first-order valence-corrected chi connectivity index (χ1v) is 7.76. The summed E-state index contributed by atoms with van der Waals surface area (Å²) in [5.41, 5.74) is 3.79. The summed E-state index contributed by atoms with van der Waals surface area (Å²) in [4.78, 5) is 0. The second-order valence-corrected chi connectivity index (χ2v) is 5.84. The van der Waals surface area contributed by atoms with Crippen molar-refractivity contribution in [2.24, 2.45) is 5.92 Å². The second kappa shape index (κ2) is 8.04. The van der Waals surface area contributed by atoms with E-state index in [1.54, 1.807) is 14.2 Å². The molecule has 0 N–H and O–H groups in total. The van der Waals surface area contributed by atoms with Crippen molar-refractivity contribution in [1.29, 1.82) is 0 Å². The minimum absolute atomic E-state index is 0.234. The first-order valence-electron chi connectivity index (χ1n) is 7.76. The lowest BCUT2D eigenvalue weighted by atomic mass is 9.83. The van der Waals surface area contributed by atoms with Crippen LogP contribution >= 0.6 is 0 Å². The predicted molar refractivity (Wildman–Crippen MR) is 89.4 cm³/mol. The van der Waals surface area contributed by atoms with Crippen molar-refractivity contribution in [3.05, 3.63) is 47.6 Å². The van der Waals surface area contributed by atoms with E-state index in [9.17, 15) is 0 Å². The van der Waals surface area contributed by atoms with E-state index in [0.29, 0.717) is 5.92 Å². The molecular weight excluding hydrogens is 276 g/mol. The number of benzene rings is 1. The highest BCUT2D eigenvalue weighted by Gasteiger charge is 2.19. The highest BCUT2D eigenvalue weighted by molar-refractivity contribution is 5.47. The largest absolute Gasteiger partial charge is 0.496 e. The summed E-state index contributed by atoms with van der Waals surface area (Å²) in [5.74, 6) is 2.20. The summed E-state index contributed by atoms with van der Waals surface area (Å²) in [7, 11) is 3.31. The maximum absolute atomic E-state index is 5.68. The van der Waals surface area contributed by atoms with Gasteiger partial charge >= 0.3 is 0 Å². The Morgan fingerprint density at radius 2 is 2.05 bits per heavy atom. The van der Waals surface area contributed by atoms with Crippen molar-refractivity contribution >= 4 is 0 Å². The van der Waals surface area contributed by atoms with Crippen LogP contribution in [0.5, 0.6) is 11.5 Å². The first-order chi connectivity index (χ1) is 10.7. The molecule has 0 amide bonds. The minimum atomic E-state index is 0.234. The lowest BCUT2D eigenvalue weighted by Gasteiger charge is -2.24. The Hall–Kier alpha value is -1.74. The Kier molecular flexibility index (Phi) is 6.08. The average molecular weight is 302 g/mol. The van der Waals surface area contributed by atoms with Gasteiger partial charge in [0, 0.05) is 19.1 Å². The zero-order chi connectivity index (χ0) is 15.9. The fourth-order valence-electron chi connectivity index (χ4n) is 2.88. The molecule has 0 unspecified atom stereocenters. The van der Waals surface area contributed by atoms with Crippen LogP contribution < -0.4 is 9.47 Å². The Morgan fingerprint density at radius 1 is 1.27 bits per heavy atom. The van der Waals surface area contributed by atoms with Gasteiger partial charge in [-0.1, -0.05) is 29.9 Å². The Bertz CT molecular complexity index is 546. The lowest BCUT2D eigenvalue weighted by Crippen LogP contribution is -2.11. The highest BCUT2D eigenvalue weighted by atomic mass is 16.7. The normalized spacial score (nSPS) is 17.8. The van der Waals surface area contributed by atoms with Crippen molar-refractivity contribution in [2.45, 2.75) is 32.6 Å². The van der Waals surface area contributed by atoms with E-state index in [0.717, 1.165) is 29.9 Å². The second-order valence-electron chi connectivity index (χ2n) is 5.84. The van der Waals surface area contributed by atoms with E-state index < -0.39 is 0 Å². The van der Waals surface area contributed by atoms with E-state index in [1.165, 1.54) is 24.0 Å². The van der Waals surface area contributed by atoms with Gasteiger partial charge in [-0.25, -0.2) is 0 Å². The Morgan fingerprint density at radius 3 is 2.68 bits per heavy atom. The number of hydrogen-bond acceptors (Lipinski definition) is 3. The summed E-state index contributed by atoms with van der Waals surface area (Å²) in [6.07, 6.45) is 6.56. The first kappa shape index (κ1) is 16.6. The molecule has 0 saturated heterocycles. The Balaban J connectivity index is 2.14. The van der Waals surface area contributed by atoms with Crippen molar-refractivity contribution in [3.8, 4) is 11.5 Å². The third-order valence-corrected chi connectivity index (χ3v) is 4.26. The molecular formula is C19H26O3. The molecule has 0 spiro atoms. The molecule has 0 bridgehead atoms. The number of methoxy groups -OCH3 is 2. The molecule has 1 atom stereocenters. The highest BCUT2D eigenvalue weighted by Crippen LogP contribution is 2.35. The molecule has 22 heavy (non-hydrogen) atoms. The van der Waals surface area contributed by atoms with Crippen LogP contribution in [0.4, 0.5) is 0 Å². The molecule has 3 nitrogen and oxygen atoms in total. The maximum atomic E-state index is 5.68. The van der Waals surface area contributed by atoms with Gasteiger partial charge in [0.15, 0.2) is 6.79 Å². The van der Waals surface area contributed by atoms with Gasteiger partial charge < -0.3 is 14.2 Å². The smallest absolute Gasteiger partial charge is 0.188 e. The van der Waals surface area contributed by atoms with E-state index in [2.05, 4.69) is 19.6 Å². The lowest BCUT2D eigenvalue weighted by molar-refractivity contribution is 0.0503. The molecule has 3 heteroatoms. The molecule has 0 aromatic heterocycles. The van der Waals surface area contributed by atoms with Gasteiger partial charge in [0.2, 0.25) is 0 Å². The van der Waals surface area contributed by atoms with Crippen LogP contribution in [0.15, 0.2) is 42.0 Å². The van der Waals surface area contributed by atoms with E-state index >= 15 is 0 Å².